The number of carbonyl (C=O) groups is 2. The SMILES string of the molecule is CCCc1c(COc2ccc(C=C3SC(=S)NC3=O)cc2)ccc(C(C)=O)c1O.[NaH].[NaH]. The molecule has 1 saturated heterocycles. The first-order valence-electron chi connectivity index (χ1n) is 9.21. The van der Waals surface area contributed by atoms with E-state index in [9.17, 15) is 14.7 Å². The molecule has 5 nitrogen and oxygen atoms in total. The van der Waals surface area contributed by atoms with E-state index in [2.05, 4.69) is 5.32 Å². The number of hydrogen-bond acceptors (Lipinski definition) is 6. The molecular weight excluding hydrogens is 452 g/mol. The van der Waals surface area contributed by atoms with Gasteiger partial charge in [-0.1, -0.05) is 55.5 Å². The number of thiocarbonyl (C=S) groups is 1. The van der Waals surface area contributed by atoms with Crippen LogP contribution in [-0.4, -0.2) is 80.2 Å². The monoisotopic (exact) mass is 475 g/mol. The fourth-order valence-electron chi connectivity index (χ4n) is 3.02. The summed E-state index contributed by atoms with van der Waals surface area (Å²) in [5, 5.41) is 13.0. The minimum absolute atomic E-state index is 0. The van der Waals surface area contributed by atoms with E-state index in [-0.39, 0.29) is 83.2 Å². The van der Waals surface area contributed by atoms with Crippen molar-refractivity contribution in [2.24, 2.45) is 0 Å². The molecule has 31 heavy (non-hydrogen) atoms. The van der Waals surface area contributed by atoms with Crippen LogP contribution < -0.4 is 10.1 Å². The maximum atomic E-state index is 11.7. The Kier molecular flexibility index (Phi) is 12.1. The van der Waals surface area contributed by atoms with Gasteiger partial charge in [-0.3, -0.25) is 9.59 Å². The molecule has 1 amide bonds. The van der Waals surface area contributed by atoms with Crippen LogP contribution in [0.3, 0.4) is 0 Å². The number of phenols is 1. The first kappa shape index (κ1) is 28.4. The van der Waals surface area contributed by atoms with Crippen molar-refractivity contribution < 1.29 is 19.4 Å². The van der Waals surface area contributed by atoms with Crippen LogP contribution in [0.25, 0.3) is 6.08 Å². The van der Waals surface area contributed by atoms with Gasteiger partial charge in [-0.15, -0.1) is 0 Å². The molecule has 9 heteroatoms. The van der Waals surface area contributed by atoms with Gasteiger partial charge in [0.15, 0.2) is 5.78 Å². The first-order valence-corrected chi connectivity index (χ1v) is 10.4. The Morgan fingerprint density at radius 3 is 2.42 bits per heavy atom. The Balaban J connectivity index is 0.00000240. The van der Waals surface area contributed by atoms with Crippen molar-refractivity contribution in [3.63, 3.8) is 0 Å². The van der Waals surface area contributed by atoms with E-state index < -0.39 is 0 Å². The second-order valence-corrected chi connectivity index (χ2v) is 8.33. The van der Waals surface area contributed by atoms with Gasteiger partial charge in [-0.25, -0.2) is 0 Å². The van der Waals surface area contributed by atoms with E-state index in [1.807, 2.05) is 37.3 Å². The van der Waals surface area contributed by atoms with Crippen molar-refractivity contribution in [1.82, 2.24) is 5.32 Å². The molecule has 1 fully saturated rings. The van der Waals surface area contributed by atoms with Crippen LogP contribution in [0.4, 0.5) is 0 Å². The second kappa shape index (κ2) is 13.2. The molecule has 2 N–H and O–H groups in total. The van der Waals surface area contributed by atoms with Crippen LogP contribution in [0.1, 0.15) is 47.3 Å². The van der Waals surface area contributed by atoms with E-state index >= 15 is 0 Å². The summed E-state index contributed by atoms with van der Waals surface area (Å²) in [5.41, 5.74) is 2.81. The van der Waals surface area contributed by atoms with Gasteiger partial charge >= 0.3 is 59.1 Å². The Morgan fingerprint density at radius 1 is 1.19 bits per heavy atom. The molecule has 0 saturated carbocycles. The number of amides is 1. The summed E-state index contributed by atoms with van der Waals surface area (Å²) in [6.07, 6.45) is 3.29. The van der Waals surface area contributed by atoms with Crippen LogP contribution in [0.5, 0.6) is 11.5 Å². The van der Waals surface area contributed by atoms with Gasteiger partial charge in [0.25, 0.3) is 5.91 Å². The molecule has 2 aromatic carbocycles. The standard InChI is InChI=1S/C22H21NO4S2.2Na.2H/c1-3-4-18-15(7-10-17(13(2)24)20(18)25)12-27-16-8-5-14(6-9-16)11-19-21(26)23-22(28)29-19;;;;/h5-11,25H,3-4,12H2,1-2H3,(H,23,26,28);;;;. The van der Waals surface area contributed by atoms with Crippen molar-refractivity contribution in [3.8, 4) is 11.5 Å². The van der Waals surface area contributed by atoms with Crippen LogP contribution >= 0.6 is 24.0 Å². The topological polar surface area (TPSA) is 75.6 Å². The number of phenolic OH excluding ortho intramolecular Hbond substituents is 1. The fourth-order valence-corrected chi connectivity index (χ4v) is 4.06. The van der Waals surface area contributed by atoms with E-state index in [1.54, 1.807) is 12.1 Å². The molecule has 3 rings (SSSR count). The molecule has 0 radical (unpaired) electrons. The molecule has 0 atom stereocenters. The summed E-state index contributed by atoms with van der Waals surface area (Å²) < 4.78 is 6.34. The van der Waals surface area contributed by atoms with E-state index in [4.69, 9.17) is 17.0 Å². The first-order chi connectivity index (χ1) is 13.9. The van der Waals surface area contributed by atoms with Crippen molar-refractivity contribution >= 4 is 105 Å². The molecule has 1 aliphatic heterocycles. The van der Waals surface area contributed by atoms with Gasteiger partial charge in [0.2, 0.25) is 0 Å². The number of rotatable bonds is 7. The molecule has 0 bridgehead atoms. The number of nitrogens with one attached hydrogen (secondary N) is 1. The van der Waals surface area contributed by atoms with Gasteiger partial charge in [-0.2, -0.15) is 0 Å². The minimum atomic E-state index is -0.183. The molecule has 0 unspecified atom stereocenters. The summed E-state index contributed by atoms with van der Waals surface area (Å²) >= 11 is 6.23. The number of aromatic hydroxyl groups is 1. The van der Waals surface area contributed by atoms with E-state index in [0.29, 0.717) is 27.0 Å². The number of thioether (sulfide) groups is 1. The van der Waals surface area contributed by atoms with Crippen LogP contribution in [0.15, 0.2) is 41.3 Å². The molecule has 2 aromatic rings. The average molecular weight is 476 g/mol. The quantitative estimate of drug-likeness (QED) is 0.277. The zero-order valence-electron chi connectivity index (χ0n) is 16.2. The summed E-state index contributed by atoms with van der Waals surface area (Å²) in [5.74, 6) is 0.376. The van der Waals surface area contributed by atoms with Gasteiger partial charge < -0.3 is 15.2 Å². The molecule has 0 spiro atoms. The third-order valence-corrected chi connectivity index (χ3v) is 5.64. The summed E-state index contributed by atoms with van der Waals surface area (Å²) in [6, 6.07) is 10.8. The van der Waals surface area contributed by atoms with Crippen molar-refractivity contribution in [1.29, 1.82) is 0 Å². The van der Waals surface area contributed by atoms with Crippen LogP contribution in [0, 0.1) is 0 Å². The van der Waals surface area contributed by atoms with Crippen LogP contribution in [0.2, 0.25) is 0 Å². The molecule has 154 valence electrons. The van der Waals surface area contributed by atoms with Crippen molar-refractivity contribution in [2.45, 2.75) is 33.3 Å². The predicted molar refractivity (Wildman–Crippen MR) is 133 cm³/mol. The fraction of sp³-hybridized carbons (Fsp3) is 0.227. The molecule has 0 aromatic heterocycles. The van der Waals surface area contributed by atoms with E-state index in [0.717, 1.165) is 23.1 Å². The van der Waals surface area contributed by atoms with Crippen molar-refractivity contribution in [3.05, 3.63) is 63.6 Å². The molecule has 1 aliphatic rings. The van der Waals surface area contributed by atoms with Gasteiger partial charge in [0.05, 0.1) is 10.5 Å². The average Bonchev–Trinajstić information content (AvgIpc) is 3.00. The zero-order valence-corrected chi connectivity index (χ0v) is 17.8. The number of ketones is 1. The number of Topliss-reactive ketones (excluding diaryl/α,β-unsaturated/α-hetero) is 1. The van der Waals surface area contributed by atoms with E-state index in [1.165, 1.54) is 18.7 Å². The third kappa shape index (κ3) is 7.44. The molecule has 0 aliphatic carbocycles. The summed E-state index contributed by atoms with van der Waals surface area (Å²) in [4.78, 5) is 24.0. The maximum absolute atomic E-state index is 11.7. The second-order valence-electron chi connectivity index (χ2n) is 6.62. The Bertz CT molecular complexity index is 1010. The number of carbonyl (C=O) groups excluding carboxylic acids is 2. The Hall–Kier alpha value is -0.640. The van der Waals surface area contributed by atoms with Gasteiger partial charge in [-0.05, 0) is 48.7 Å². The molecule has 1 heterocycles. The van der Waals surface area contributed by atoms with Crippen molar-refractivity contribution in [2.75, 3.05) is 0 Å². The normalized spacial score (nSPS) is 13.9. The van der Waals surface area contributed by atoms with Gasteiger partial charge in [0.1, 0.15) is 22.4 Å². The Labute approximate surface area is 236 Å². The van der Waals surface area contributed by atoms with Crippen LogP contribution in [-0.2, 0) is 17.8 Å². The summed E-state index contributed by atoms with van der Waals surface area (Å²) in [6.45, 7) is 3.75. The predicted octanol–water partition coefficient (Wildman–Crippen LogP) is 3.32. The van der Waals surface area contributed by atoms with Gasteiger partial charge in [0, 0.05) is 5.56 Å². The number of hydrogen-bond donors (Lipinski definition) is 2. The Morgan fingerprint density at radius 2 is 1.87 bits per heavy atom. The number of ether oxygens (including phenoxy) is 1. The molecular formula is C22H23NNa2O4S2. The summed E-state index contributed by atoms with van der Waals surface area (Å²) in [7, 11) is 0. The third-order valence-electron chi connectivity index (χ3n) is 4.47. The zero-order chi connectivity index (χ0) is 21.0. The number of benzene rings is 2.